The first-order valence-corrected chi connectivity index (χ1v) is 11.6. The lowest BCUT2D eigenvalue weighted by molar-refractivity contribution is -0.298. The van der Waals surface area contributed by atoms with Crippen molar-refractivity contribution in [2.75, 3.05) is 0 Å². The van der Waals surface area contributed by atoms with Crippen LogP contribution in [0.5, 0.6) is 0 Å². The largest absolute Gasteiger partial charge is 0.392 e. The van der Waals surface area contributed by atoms with Crippen molar-refractivity contribution in [2.45, 2.75) is 106 Å². The predicted molar refractivity (Wildman–Crippen MR) is 110 cm³/mol. The van der Waals surface area contributed by atoms with E-state index in [9.17, 15) is 20.4 Å². The molecule has 0 bridgehead atoms. The molecule has 4 nitrogen and oxygen atoms in total. The summed E-state index contributed by atoms with van der Waals surface area (Å²) in [5, 5.41) is 45.9. The van der Waals surface area contributed by atoms with Crippen LogP contribution in [0.4, 0.5) is 0 Å². The summed E-state index contributed by atoms with van der Waals surface area (Å²) >= 11 is 7.44. The molecule has 0 saturated heterocycles. The van der Waals surface area contributed by atoms with Gasteiger partial charge in [-0.2, -0.15) is 0 Å². The molecule has 3 aliphatic rings. The average Bonchev–Trinajstić information content (AvgIpc) is 2.68. The highest BCUT2D eigenvalue weighted by molar-refractivity contribution is 9.09. The molecule has 3 unspecified atom stereocenters. The summed E-state index contributed by atoms with van der Waals surface area (Å²) in [7, 11) is 0. The summed E-state index contributed by atoms with van der Waals surface area (Å²) in [6.07, 6.45) is 2.33. The Balaban J connectivity index is 2.10. The van der Waals surface area contributed by atoms with Crippen LogP contribution >= 0.6 is 31.9 Å². The Hall–Kier alpha value is 0.800. The monoisotopic (exact) mass is 496 g/mol. The molecule has 6 heteroatoms. The van der Waals surface area contributed by atoms with Gasteiger partial charge in [-0.1, -0.05) is 59.6 Å². The lowest BCUT2D eigenvalue weighted by Gasteiger charge is -2.67. The van der Waals surface area contributed by atoms with Gasteiger partial charge >= 0.3 is 0 Å². The number of aliphatic hydroxyl groups excluding tert-OH is 1. The Labute approximate surface area is 174 Å². The third-order valence-corrected chi connectivity index (χ3v) is 12.2. The minimum Gasteiger partial charge on any atom is -0.392 e. The van der Waals surface area contributed by atoms with Crippen LogP contribution in [0.1, 0.15) is 73.1 Å². The number of hydrogen-bond acceptors (Lipinski definition) is 4. The maximum atomic E-state index is 11.9. The zero-order valence-electron chi connectivity index (χ0n) is 16.5. The van der Waals surface area contributed by atoms with Gasteiger partial charge in [-0.15, -0.1) is 0 Å². The Morgan fingerprint density at radius 3 is 1.92 bits per heavy atom. The number of hydrogen-bond donors (Lipinski definition) is 4. The van der Waals surface area contributed by atoms with Crippen molar-refractivity contribution >= 4 is 31.9 Å². The molecule has 26 heavy (non-hydrogen) atoms. The molecule has 3 rings (SSSR count). The van der Waals surface area contributed by atoms with Gasteiger partial charge in [0, 0.05) is 26.9 Å². The second-order valence-electron chi connectivity index (χ2n) is 10.4. The SMILES string of the molecule is CC1(C)[C@H](Br)C[C@H](O)C1(C)[C@@]1(O)CCC2(C)C(Br)CC[C@@](C)(O)[C@@]2(O)C1. The van der Waals surface area contributed by atoms with Crippen molar-refractivity contribution in [1.29, 1.82) is 0 Å². The van der Waals surface area contributed by atoms with Crippen LogP contribution in [0.2, 0.25) is 0 Å². The fourth-order valence-corrected chi connectivity index (χ4v) is 8.04. The number of fused-ring (bicyclic) bond motifs is 1. The summed E-state index contributed by atoms with van der Waals surface area (Å²) in [5.74, 6) is 0. The van der Waals surface area contributed by atoms with E-state index in [4.69, 9.17) is 0 Å². The molecule has 0 spiro atoms. The van der Waals surface area contributed by atoms with Gasteiger partial charge in [-0.25, -0.2) is 0 Å². The molecule has 0 aromatic rings. The van der Waals surface area contributed by atoms with Crippen LogP contribution in [-0.4, -0.2) is 53.0 Å². The summed E-state index contributed by atoms with van der Waals surface area (Å²) in [5.41, 5.74) is -5.65. The first kappa shape index (κ1) is 21.5. The molecule has 152 valence electrons. The summed E-state index contributed by atoms with van der Waals surface area (Å²) in [6.45, 7) is 9.82. The van der Waals surface area contributed by atoms with Crippen LogP contribution in [0.15, 0.2) is 0 Å². The van der Waals surface area contributed by atoms with Crippen LogP contribution in [0.25, 0.3) is 0 Å². The summed E-state index contributed by atoms with van der Waals surface area (Å²) in [6, 6.07) is 0. The van der Waals surface area contributed by atoms with Crippen molar-refractivity contribution in [3.8, 4) is 0 Å². The average molecular weight is 498 g/mol. The van der Waals surface area contributed by atoms with Crippen molar-refractivity contribution < 1.29 is 20.4 Å². The van der Waals surface area contributed by atoms with Crippen LogP contribution < -0.4 is 0 Å². The van der Waals surface area contributed by atoms with Gasteiger partial charge < -0.3 is 20.4 Å². The van der Waals surface area contributed by atoms with Gasteiger partial charge in [0.15, 0.2) is 0 Å². The molecular weight excluding hydrogens is 464 g/mol. The molecule has 8 atom stereocenters. The standard InChI is InChI=1S/C20H34Br2O4/c1-15(2)13(22)10-14(23)18(15,5)19(25)9-8-16(3)12(21)6-7-17(4,24)20(16,26)11-19/h12-14,23-26H,6-11H2,1-5H3/t12?,13-,14+,16?,17-,18?,19-,20-/m1/s1. The van der Waals surface area contributed by atoms with E-state index in [0.29, 0.717) is 25.7 Å². The fourth-order valence-electron chi connectivity index (χ4n) is 6.38. The molecule has 3 saturated carbocycles. The smallest absolute Gasteiger partial charge is 0.102 e. The fraction of sp³-hybridized carbons (Fsp3) is 1.00. The highest BCUT2D eigenvalue weighted by Gasteiger charge is 2.73. The van der Waals surface area contributed by atoms with Gasteiger partial charge in [0.25, 0.3) is 0 Å². The van der Waals surface area contributed by atoms with E-state index in [0.717, 1.165) is 6.42 Å². The highest BCUT2D eigenvalue weighted by Crippen LogP contribution is 2.68. The van der Waals surface area contributed by atoms with Gasteiger partial charge in [0.05, 0.1) is 17.3 Å². The molecule has 0 aromatic carbocycles. The van der Waals surface area contributed by atoms with Gasteiger partial charge in [0.2, 0.25) is 0 Å². The van der Waals surface area contributed by atoms with Crippen molar-refractivity contribution in [1.82, 2.24) is 0 Å². The Morgan fingerprint density at radius 1 is 0.846 bits per heavy atom. The van der Waals surface area contributed by atoms with Gasteiger partial charge in [-0.05, 0) is 44.4 Å². The number of halogens is 2. The molecule has 0 heterocycles. The van der Waals surface area contributed by atoms with Crippen molar-refractivity contribution in [3.63, 3.8) is 0 Å². The van der Waals surface area contributed by atoms with E-state index in [1.807, 2.05) is 13.8 Å². The first-order valence-electron chi connectivity index (χ1n) is 9.72. The van der Waals surface area contributed by atoms with Crippen molar-refractivity contribution in [3.05, 3.63) is 0 Å². The van der Waals surface area contributed by atoms with E-state index in [1.54, 1.807) is 6.92 Å². The minimum absolute atomic E-state index is 0.0717. The van der Waals surface area contributed by atoms with E-state index < -0.39 is 33.7 Å². The van der Waals surface area contributed by atoms with Crippen LogP contribution in [0, 0.1) is 16.2 Å². The molecule has 0 aromatic heterocycles. The minimum atomic E-state index is -1.43. The quantitative estimate of drug-likeness (QED) is 0.418. The maximum Gasteiger partial charge on any atom is 0.102 e. The normalized spacial score (nSPS) is 59.9. The van der Waals surface area contributed by atoms with Crippen LogP contribution in [-0.2, 0) is 0 Å². The third kappa shape index (κ3) is 2.32. The second kappa shape index (κ2) is 5.91. The maximum absolute atomic E-state index is 11.9. The lowest BCUT2D eigenvalue weighted by Crippen LogP contribution is -2.75. The second-order valence-corrected chi connectivity index (χ2v) is 12.6. The first-order chi connectivity index (χ1) is 11.6. The Bertz CT molecular complexity index is 596. The van der Waals surface area contributed by atoms with Crippen molar-refractivity contribution in [2.24, 2.45) is 16.2 Å². The molecule has 0 radical (unpaired) electrons. The van der Waals surface area contributed by atoms with E-state index in [2.05, 4.69) is 45.7 Å². The molecule has 0 aliphatic heterocycles. The number of rotatable bonds is 1. The molecule has 0 amide bonds. The molecule has 4 N–H and O–H groups in total. The molecule has 3 fully saturated rings. The zero-order chi connectivity index (χ0) is 20.0. The Morgan fingerprint density at radius 2 is 1.42 bits per heavy atom. The summed E-state index contributed by atoms with van der Waals surface area (Å²) < 4.78 is 0. The molecular formula is C20H34Br2O4. The van der Waals surface area contributed by atoms with E-state index in [-0.39, 0.29) is 21.5 Å². The lowest BCUT2D eigenvalue weighted by atomic mass is 9.44. The number of aliphatic hydroxyl groups is 4. The highest BCUT2D eigenvalue weighted by atomic mass is 79.9. The topological polar surface area (TPSA) is 80.9 Å². The van der Waals surface area contributed by atoms with E-state index in [1.165, 1.54) is 0 Å². The zero-order valence-corrected chi connectivity index (χ0v) is 19.7. The van der Waals surface area contributed by atoms with E-state index >= 15 is 0 Å². The predicted octanol–water partition coefficient (Wildman–Crippen LogP) is 3.51. The number of alkyl halides is 2. The van der Waals surface area contributed by atoms with Gasteiger partial charge in [-0.3, -0.25) is 0 Å². The summed E-state index contributed by atoms with van der Waals surface area (Å²) in [4.78, 5) is 0.167. The molecule has 3 aliphatic carbocycles. The Kier molecular flexibility index (Phi) is 4.89. The third-order valence-electron chi connectivity index (χ3n) is 9.20. The van der Waals surface area contributed by atoms with Crippen LogP contribution in [0.3, 0.4) is 0 Å². The van der Waals surface area contributed by atoms with Gasteiger partial charge in [0.1, 0.15) is 5.60 Å².